The van der Waals surface area contributed by atoms with Crippen molar-refractivity contribution in [1.82, 2.24) is 0 Å². The average Bonchev–Trinajstić information content (AvgIpc) is 2.26. The molecule has 0 spiro atoms. The van der Waals surface area contributed by atoms with E-state index in [0.717, 1.165) is 5.69 Å². The van der Waals surface area contributed by atoms with Gasteiger partial charge < -0.3 is 16.4 Å². The lowest BCUT2D eigenvalue weighted by atomic mass is 10.3. The predicted molar refractivity (Wildman–Crippen MR) is 64.0 cm³/mol. The van der Waals surface area contributed by atoms with Crippen LogP contribution in [-0.4, -0.2) is 26.0 Å². The molecule has 0 amide bonds. The molecule has 0 radical (unpaired) electrons. The van der Waals surface area contributed by atoms with Gasteiger partial charge in [-0.25, -0.2) is 0 Å². The van der Waals surface area contributed by atoms with Gasteiger partial charge in [0.05, 0.1) is 0 Å². The number of guanidine groups is 2. The number of aliphatic imine (C=N–C) groups is 2. The molecule has 1 rings (SSSR count). The molecular formula is C10H15N5. The lowest BCUT2D eigenvalue weighted by molar-refractivity contribution is 1.19. The predicted octanol–water partition coefficient (Wildman–Crippen LogP) is 0.382. The highest BCUT2D eigenvalue weighted by Gasteiger charge is 2.06. The van der Waals surface area contributed by atoms with Gasteiger partial charge in [0.15, 0.2) is 5.96 Å². The minimum atomic E-state index is -0.00150. The van der Waals surface area contributed by atoms with Gasteiger partial charge in [0, 0.05) is 19.8 Å². The van der Waals surface area contributed by atoms with E-state index in [4.69, 9.17) is 11.5 Å². The zero-order chi connectivity index (χ0) is 11.3. The van der Waals surface area contributed by atoms with Crippen LogP contribution in [0.15, 0.2) is 40.3 Å². The number of hydrogen-bond donors (Lipinski definition) is 2. The van der Waals surface area contributed by atoms with Crippen LogP contribution in [-0.2, 0) is 0 Å². The number of benzene rings is 1. The van der Waals surface area contributed by atoms with Crippen molar-refractivity contribution < 1.29 is 0 Å². The first-order valence-electron chi connectivity index (χ1n) is 4.50. The van der Waals surface area contributed by atoms with Gasteiger partial charge in [-0.15, -0.1) is 0 Å². The molecule has 5 heteroatoms. The molecule has 4 N–H and O–H groups in total. The van der Waals surface area contributed by atoms with Crippen molar-refractivity contribution in [1.29, 1.82) is 0 Å². The highest BCUT2D eigenvalue weighted by atomic mass is 15.3. The molecule has 0 aromatic heterocycles. The van der Waals surface area contributed by atoms with Crippen molar-refractivity contribution in [2.45, 2.75) is 0 Å². The molecule has 0 fully saturated rings. The maximum absolute atomic E-state index is 5.31. The Morgan fingerprint density at radius 3 is 2.27 bits per heavy atom. The van der Waals surface area contributed by atoms with E-state index >= 15 is 0 Å². The number of para-hydroxylation sites is 1. The Morgan fingerprint density at radius 1 is 1.20 bits per heavy atom. The monoisotopic (exact) mass is 205 g/mol. The Hall–Kier alpha value is -2.04. The van der Waals surface area contributed by atoms with Crippen molar-refractivity contribution in [3.63, 3.8) is 0 Å². The van der Waals surface area contributed by atoms with E-state index in [1.807, 2.05) is 37.4 Å². The fourth-order valence-electron chi connectivity index (χ4n) is 1.16. The fraction of sp³-hybridized carbons (Fsp3) is 0.200. The lowest BCUT2D eigenvalue weighted by Crippen LogP contribution is -2.31. The summed E-state index contributed by atoms with van der Waals surface area (Å²) in [5, 5.41) is 0. The van der Waals surface area contributed by atoms with Gasteiger partial charge in [0.1, 0.15) is 0 Å². The minimum absolute atomic E-state index is 0.00150. The molecule has 1 aromatic rings. The molecular weight excluding hydrogens is 190 g/mol. The third kappa shape index (κ3) is 2.98. The Balaban J connectivity index is 2.93. The largest absolute Gasteiger partial charge is 0.370 e. The molecule has 80 valence electrons. The van der Waals surface area contributed by atoms with Gasteiger partial charge in [-0.05, 0) is 12.1 Å². The summed E-state index contributed by atoms with van der Waals surface area (Å²) < 4.78 is 0. The van der Waals surface area contributed by atoms with Gasteiger partial charge in [-0.3, -0.25) is 4.99 Å². The van der Waals surface area contributed by atoms with E-state index in [1.54, 1.807) is 11.9 Å². The van der Waals surface area contributed by atoms with E-state index in [9.17, 15) is 0 Å². The molecule has 5 nitrogen and oxygen atoms in total. The maximum atomic E-state index is 5.31. The van der Waals surface area contributed by atoms with Gasteiger partial charge in [-0.2, -0.15) is 4.99 Å². The maximum Gasteiger partial charge on any atom is 0.227 e. The van der Waals surface area contributed by atoms with E-state index in [-0.39, 0.29) is 5.96 Å². The van der Waals surface area contributed by atoms with E-state index in [0.29, 0.717) is 5.96 Å². The summed E-state index contributed by atoms with van der Waals surface area (Å²) in [5.41, 5.74) is 11.6. The topological polar surface area (TPSA) is 80.0 Å². The third-order valence-electron chi connectivity index (χ3n) is 1.87. The van der Waals surface area contributed by atoms with E-state index in [2.05, 4.69) is 9.98 Å². The molecule has 0 atom stereocenters. The van der Waals surface area contributed by atoms with Gasteiger partial charge in [0.25, 0.3) is 0 Å². The van der Waals surface area contributed by atoms with Crippen LogP contribution in [0.1, 0.15) is 0 Å². The quantitative estimate of drug-likeness (QED) is 0.514. The summed E-state index contributed by atoms with van der Waals surface area (Å²) >= 11 is 0. The molecule has 0 saturated heterocycles. The number of nitrogens with zero attached hydrogens (tertiary/aromatic N) is 3. The number of anilines is 1. The van der Waals surface area contributed by atoms with Crippen LogP contribution < -0.4 is 16.4 Å². The second kappa shape index (κ2) is 4.99. The standard InChI is InChI=1S/C10H15N5/c1-13-10(14-9(11)12)15(2)8-6-4-3-5-7-8/h3-7H,1-2H3,(H4,11,12,13,14). The van der Waals surface area contributed by atoms with Gasteiger partial charge in [-0.1, -0.05) is 18.2 Å². The van der Waals surface area contributed by atoms with Gasteiger partial charge in [0.2, 0.25) is 5.96 Å². The Bertz CT molecular complexity index is 365. The summed E-state index contributed by atoms with van der Waals surface area (Å²) in [6.45, 7) is 0. The highest BCUT2D eigenvalue weighted by Crippen LogP contribution is 2.11. The normalized spacial score (nSPS) is 10.9. The first-order valence-corrected chi connectivity index (χ1v) is 4.50. The summed E-state index contributed by atoms with van der Waals surface area (Å²) in [6, 6.07) is 9.73. The number of hydrogen-bond acceptors (Lipinski definition) is 1. The Morgan fingerprint density at radius 2 is 1.80 bits per heavy atom. The van der Waals surface area contributed by atoms with Crippen LogP contribution in [0.4, 0.5) is 5.69 Å². The second-order valence-electron chi connectivity index (χ2n) is 2.95. The van der Waals surface area contributed by atoms with Gasteiger partial charge >= 0.3 is 0 Å². The lowest BCUT2D eigenvalue weighted by Gasteiger charge is -2.17. The summed E-state index contributed by atoms with van der Waals surface area (Å²) in [7, 11) is 3.49. The van der Waals surface area contributed by atoms with Crippen LogP contribution in [0, 0.1) is 0 Å². The van der Waals surface area contributed by atoms with Crippen LogP contribution in [0.3, 0.4) is 0 Å². The fourth-order valence-corrected chi connectivity index (χ4v) is 1.16. The van der Waals surface area contributed by atoms with Crippen molar-refractivity contribution in [2.75, 3.05) is 19.0 Å². The van der Waals surface area contributed by atoms with Crippen molar-refractivity contribution in [3.8, 4) is 0 Å². The minimum Gasteiger partial charge on any atom is -0.370 e. The second-order valence-corrected chi connectivity index (χ2v) is 2.95. The summed E-state index contributed by atoms with van der Waals surface area (Å²) in [4.78, 5) is 9.72. The average molecular weight is 205 g/mol. The van der Waals surface area contributed by atoms with Crippen molar-refractivity contribution in [2.24, 2.45) is 21.5 Å². The molecule has 15 heavy (non-hydrogen) atoms. The Kier molecular flexibility index (Phi) is 3.68. The summed E-state index contributed by atoms with van der Waals surface area (Å²) in [5.74, 6) is 0.472. The number of rotatable bonds is 1. The van der Waals surface area contributed by atoms with Crippen LogP contribution in [0.5, 0.6) is 0 Å². The van der Waals surface area contributed by atoms with Crippen LogP contribution >= 0.6 is 0 Å². The molecule has 0 heterocycles. The molecule has 0 saturated carbocycles. The van der Waals surface area contributed by atoms with Crippen LogP contribution in [0.25, 0.3) is 0 Å². The zero-order valence-corrected chi connectivity index (χ0v) is 8.88. The SMILES string of the molecule is CN=C(N=C(N)N)N(C)c1ccccc1. The summed E-state index contributed by atoms with van der Waals surface area (Å²) in [6.07, 6.45) is 0. The van der Waals surface area contributed by atoms with E-state index in [1.165, 1.54) is 0 Å². The van der Waals surface area contributed by atoms with Crippen molar-refractivity contribution >= 4 is 17.6 Å². The number of nitrogens with two attached hydrogens (primary N) is 2. The Labute approximate surface area is 89.1 Å². The molecule has 1 aromatic carbocycles. The smallest absolute Gasteiger partial charge is 0.227 e. The zero-order valence-electron chi connectivity index (χ0n) is 8.88. The van der Waals surface area contributed by atoms with Crippen molar-refractivity contribution in [3.05, 3.63) is 30.3 Å². The molecule has 0 aliphatic heterocycles. The molecule has 0 aliphatic carbocycles. The molecule has 0 unspecified atom stereocenters. The first kappa shape index (κ1) is 11.0. The third-order valence-corrected chi connectivity index (χ3v) is 1.87. The van der Waals surface area contributed by atoms with E-state index < -0.39 is 0 Å². The highest BCUT2D eigenvalue weighted by molar-refractivity contribution is 6.02. The molecule has 0 bridgehead atoms. The first-order chi connectivity index (χ1) is 7.15. The van der Waals surface area contributed by atoms with Crippen LogP contribution in [0.2, 0.25) is 0 Å². The molecule has 0 aliphatic rings.